The van der Waals surface area contributed by atoms with Crippen molar-refractivity contribution in [2.45, 2.75) is 32.9 Å². The van der Waals surface area contributed by atoms with Crippen LogP contribution in [0.25, 0.3) is 22.6 Å². The fourth-order valence-electron chi connectivity index (χ4n) is 4.27. The number of para-hydroxylation sites is 2. The molecule has 0 atom stereocenters. The van der Waals surface area contributed by atoms with Crippen molar-refractivity contribution in [3.05, 3.63) is 66.7 Å². The number of aryl methyl sites for hydroxylation is 1. The van der Waals surface area contributed by atoms with Gasteiger partial charge >= 0.3 is 0 Å². The topological polar surface area (TPSA) is 76.2 Å². The third kappa shape index (κ3) is 4.29. The van der Waals surface area contributed by atoms with Crippen LogP contribution in [0.2, 0.25) is 0 Å². The number of rotatable bonds is 6. The predicted molar refractivity (Wildman–Crippen MR) is 124 cm³/mol. The van der Waals surface area contributed by atoms with E-state index in [4.69, 9.17) is 4.42 Å². The van der Waals surface area contributed by atoms with E-state index in [9.17, 15) is 4.79 Å². The van der Waals surface area contributed by atoms with Gasteiger partial charge in [0.2, 0.25) is 11.8 Å². The van der Waals surface area contributed by atoms with Gasteiger partial charge in [-0.1, -0.05) is 12.1 Å². The Hall–Kier alpha value is -3.45. The molecule has 1 N–H and O–H groups in total. The molecule has 1 fully saturated rings. The number of carbonyl (C=O) groups is 1. The second kappa shape index (κ2) is 8.96. The second-order valence-electron chi connectivity index (χ2n) is 8.23. The van der Waals surface area contributed by atoms with Gasteiger partial charge in [-0.3, -0.25) is 9.69 Å². The molecular weight excluding hydrogens is 402 g/mol. The lowest BCUT2D eigenvalue weighted by Crippen LogP contribution is -2.38. The summed E-state index contributed by atoms with van der Waals surface area (Å²) in [7, 11) is 0. The van der Waals surface area contributed by atoms with Crippen LogP contribution in [0.1, 0.15) is 25.6 Å². The van der Waals surface area contributed by atoms with E-state index in [2.05, 4.69) is 31.7 Å². The number of benzene rings is 2. The Morgan fingerprint density at radius 3 is 2.66 bits per heavy atom. The second-order valence-corrected chi connectivity index (χ2v) is 8.23. The number of fused-ring (bicyclic) bond motifs is 1. The minimum Gasteiger partial charge on any atom is -0.436 e. The number of hydrogen-bond acceptors (Lipinski definition) is 5. The number of nitrogens with zero attached hydrogens (tertiary/aromatic N) is 4. The van der Waals surface area contributed by atoms with Gasteiger partial charge in [0.1, 0.15) is 11.3 Å². The molecular formula is C25H27N5O2. The van der Waals surface area contributed by atoms with Gasteiger partial charge in [-0.2, -0.15) is 0 Å². The van der Waals surface area contributed by atoms with Gasteiger partial charge in [0.05, 0.1) is 6.54 Å². The van der Waals surface area contributed by atoms with Crippen LogP contribution in [0.3, 0.4) is 0 Å². The molecule has 4 aromatic rings. The van der Waals surface area contributed by atoms with Crippen molar-refractivity contribution in [1.29, 1.82) is 0 Å². The molecule has 1 aliphatic heterocycles. The molecule has 2 aromatic carbocycles. The fraction of sp³-hybridized carbons (Fsp3) is 0.320. The van der Waals surface area contributed by atoms with Gasteiger partial charge in [0.25, 0.3) is 0 Å². The highest BCUT2D eigenvalue weighted by Gasteiger charge is 2.25. The molecule has 32 heavy (non-hydrogen) atoms. The Bertz CT molecular complexity index is 1170. The fourth-order valence-corrected chi connectivity index (χ4v) is 4.27. The summed E-state index contributed by atoms with van der Waals surface area (Å²) in [5.74, 6) is 1.80. The van der Waals surface area contributed by atoms with Gasteiger partial charge in [-0.25, -0.2) is 9.97 Å². The zero-order valence-corrected chi connectivity index (χ0v) is 18.2. The molecule has 1 aliphatic rings. The summed E-state index contributed by atoms with van der Waals surface area (Å²) in [6.45, 7) is 5.71. The van der Waals surface area contributed by atoms with Crippen LogP contribution in [0.15, 0.2) is 65.3 Å². The lowest BCUT2D eigenvalue weighted by Gasteiger charge is -2.31. The van der Waals surface area contributed by atoms with E-state index in [-0.39, 0.29) is 11.8 Å². The normalized spacial score (nSPS) is 15.3. The van der Waals surface area contributed by atoms with Crippen molar-refractivity contribution in [1.82, 2.24) is 19.4 Å². The molecule has 1 amide bonds. The molecule has 7 heteroatoms. The number of amides is 1. The van der Waals surface area contributed by atoms with E-state index in [1.54, 1.807) is 0 Å². The van der Waals surface area contributed by atoms with Crippen molar-refractivity contribution >= 4 is 22.7 Å². The Balaban J connectivity index is 1.16. The van der Waals surface area contributed by atoms with E-state index in [1.165, 1.54) is 0 Å². The maximum Gasteiger partial charge on any atom is 0.227 e. The van der Waals surface area contributed by atoms with Gasteiger partial charge in [-0.15, -0.1) is 0 Å². The number of imidazole rings is 1. The first-order chi connectivity index (χ1) is 15.7. The molecule has 0 saturated carbocycles. The van der Waals surface area contributed by atoms with Crippen LogP contribution in [0, 0.1) is 5.92 Å². The molecule has 0 unspecified atom stereocenters. The summed E-state index contributed by atoms with van der Waals surface area (Å²) in [5, 5.41) is 3.07. The SMILES string of the molecule is CCn1ccnc1CN1CCC(C(=O)Nc2ccc(-c3nc4ccccc4o3)cc2)CC1. The monoisotopic (exact) mass is 429 g/mol. The Morgan fingerprint density at radius 2 is 1.91 bits per heavy atom. The van der Waals surface area contributed by atoms with Crippen LogP contribution < -0.4 is 5.32 Å². The van der Waals surface area contributed by atoms with E-state index < -0.39 is 0 Å². The summed E-state index contributed by atoms with van der Waals surface area (Å²) in [4.78, 5) is 24.2. The van der Waals surface area contributed by atoms with Gasteiger partial charge in [0, 0.05) is 36.1 Å². The minimum atomic E-state index is 0.0360. The first-order valence-electron chi connectivity index (χ1n) is 11.2. The highest BCUT2D eigenvalue weighted by molar-refractivity contribution is 5.92. The van der Waals surface area contributed by atoms with Crippen LogP contribution in [-0.2, 0) is 17.9 Å². The number of likely N-dealkylation sites (tertiary alicyclic amines) is 1. The quantitative estimate of drug-likeness (QED) is 0.486. The van der Waals surface area contributed by atoms with Gasteiger partial charge < -0.3 is 14.3 Å². The van der Waals surface area contributed by atoms with E-state index in [1.807, 2.05) is 60.9 Å². The summed E-state index contributed by atoms with van der Waals surface area (Å²) < 4.78 is 7.99. The maximum atomic E-state index is 12.8. The number of aromatic nitrogens is 3. The third-order valence-electron chi connectivity index (χ3n) is 6.16. The van der Waals surface area contributed by atoms with Crippen LogP contribution in [0.4, 0.5) is 5.69 Å². The standard InChI is InChI=1S/C25H27N5O2/c1-2-30-16-13-26-23(30)17-29-14-11-18(12-15-29)24(31)27-20-9-7-19(8-10-20)25-28-21-5-3-4-6-22(21)32-25/h3-10,13,16,18H,2,11-12,14-15,17H2,1H3,(H,27,31). The summed E-state index contributed by atoms with van der Waals surface area (Å²) >= 11 is 0. The average molecular weight is 430 g/mol. The maximum absolute atomic E-state index is 12.8. The highest BCUT2D eigenvalue weighted by Crippen LogP contribution is 2.26. The van der Waals surface area contributed by atoms with Crippen LogP contribution in [-0.4, -0.2) is 38.4 Å². The molecule has 0 radical (unpaired) electrons. The first kappa shape index (κ1) is 20.5. The lowest BCUT2D eigenvalue weighted by atomic mass is 9.95. The number of carbonyl (C=O) groups excluding carboxylic acids is 1. The number of hydrogen-bond donors (Lipinski definition) is 1. The zero-order chi connectivity index (χ0) is 21.9. The van der Waals surface area contributed by atoms with Crippen molar-refractivity contribution < 1.29 is 9.21 Å². The van der Waals surface area contributed by atoms with E-state index in [0.29, 0.717) is 5.89 Å². The number of nitrogens with one attached hydrogen (secondary N) is 1. The Kier molecular flexibility index (Phi) is 5.73. The van der Waals surface area contributed by atoms with Crippen molar-refractivity contribution in [3.63, 3.8) is 0 Å². The smallest absolute Gasteiger partial charge is 0.227 e. The summed E-state index contributed by atoms with van der Waals surface area (Å²) in [5.41, 5.74) is 3.29. The molecule has 7 nitrogen and oxygen atoms in total. The molecule has 3 heterocycles. The highest BCUT2D eigenvalue weighted by atomic mass is 16.3. The van der Waals surface area contributed by atoms with Crippen LogP contribution >= 0.6 is 0 Å². The van der Waals surface area contributed by atoms with E-state index in [0.717, 1.165) is 67.2 Å². The third-order valence-corrected chi connectivity index (χ3v) is 6.16. The number of piperidine rings is 1. The largest absolute Gasteiger partial charge is 0.436 e. The molecule has 1 saturated heterocycles. The van der Waals surface area contributed by atoms with Crippen LogP contribution in [0.5, 0.6) is 0 Å². The van der Waals surface area contributed by atoms with Crippen molar-refractivity contribution in [3.8, 4) is 11.5 Å². The summed E-state index contributed by atoms with van der Waals surface area (Å²) in [6, 6.07) is 15.4. The van der Waals surface area contributed by atoms with E-state index >= 15 is 0 Å². The zero-order valence-electron chi connectivity index (χ0n) is 18.2. The molecule has 0 spiro atoms. The summed E-state index contributed by atoms with van der Waals surface area (Å²) in [6.07, 6.45) is 5.60. The van der Waals surface area contributed by atoms with Crippen molar-refractivity contribution in [2.24, 2.45) is 5.92 Å². The first-order valence-corrected chi connectivity index (χ1v) is 11.2. The predicted octanol–water partition coefficient (Wildman–Crippen LogP) is 4.56. The van der Waals surface area contributed by atoms with Crippen molar-refractivity contribution in [2.75, 3.05) is 18.4 Å². The molecule has 5 rings (SSSR count). The molecule has 0 bridgehead atoms. The number of anilines is 1. The minimum absolute atomic E-state index is 0.0360. The average Bonchev–Trinajstić information content (AvgIpc) is 3.46. The lowest BCUT2D eigenvalue weighted by molar-refractivity contribution is -0.121. The molecule has 0 aliphatic carbocycles. The molecule has 164 valence electrons. The Labute approximate surface area is 187 Å². The Morgan fingerprint density at radius 1 is 1.12 bits per heavy atom. The number of oxazole rings is 1. The molecule has 2 aromatic heterocycles. The van der Waals surface area contributed by atoms with Gasteiger partial charge in [0.15, 0.2) is 5.58 Å². The van der Waals surface area contributed by atoms with Gasteiger partial charge in [-0.05, 0) is 69.3 Å².